The molecule has 4 nitrogen and oxygen atoms in total. The summed E-state index contributed by atoms with van der Waals surface area (Å²) in [4.78, 5) is 0.0208. The second kappa shape index (κ2) is 6.64. The maximum Gasteiger partial charge on any atom is 0.241 e. The largest absolute Gasteiger partial charge is 0.316 e. The Morgan fingerprint density at radius 2 is 2.10 bits per heavy atom. The molecule has 0 unspecified atom stereocenters. The molecule has 0 saturated heterocycles. The first-order chi connectivity index (χ1) is 9.92. The molecule has 1 aromatic carbocycles. The van der Waals surface area contributed by atoms with Crippen molar-refractivity contribution in [3.8, 4) is 0 Å². The van der Waals surface area contributed by atoms with Crippen molar-refractivity contribution < 1.29 is 12.8 Å². The lowest BCUT2D eigenvalue weighted by Crippen LogP contribution is -2.45. The van der Waals surface area contributed by atoms with Crippen LogP contribution in [0.1, 0.15) is 24.8 Å². The normalized spacial score (nSPS) is 17.5. The first kappa shape index (κ1) is 16.7. The third-order valence-electron chi connectivity index (χ3n) is 3.97. The lowest BCUT2D eigenvalue weighted by Gasteiger charge is -2.40. The van der Waals surface area contributed by atoms with Crippen LogP contribution in [0, 0.1) is 5.82 Å². The van der Waals surface area contributed by atoms with Gasteiger partial charge in [-0.25, -0.2) is 17.5 Å². The highest BCUT2D eigenvalue weighted by molar-refractivity contribution is 8.00. The van der Waals surface area contributed by atoms with Gasteiger partial charge >= 0.3 is 0 Å². The molecule has 1 aliphatic carbocycles. The predicted molar refractivity (Wildman–Crippen MR) is 84.4 cm³/mol. The zero-order valence-electron chi connectivity index (χ0n) is 12.3. The fourth-order valence-corrected chi connectivity index (χ4v) is 4.82. The van der Waals surface area contributed by atoms with Crippen LogP contribution in [-0.2, 0) is 16.6 Å². The standard InChI is InChI=1S/C14H21FN2O2S2/c1-16-9-11-4-5-12(15)8-13(11)21(18,19)17-10-14(20-2)6-3-7-14/h4-5,8,16-17H,3,6-7,9-10H2,1-2H3. The Kier molecular flexibility index (Phi) is 5.29. The summed E-state index contributed by atoms with van der Waals surface area (Å²) >= 11 is 1.70. The molecule has 2 N–H and O–H groups in total. The molecule has 1 aromatic rings. The second-order valence-corrected chi connectivity index (χ2v) is 8.36. The Morgan fingerprint density at radius 3 is 2.62 bits per heavy atom. The van der Waals surface area contributed by atoms with Gasteiger partial charge in [0.15, 0.2) is 0 Å². The van der Waals surface area contributed by atoms with Crippen molar-refractivity contribution >= 4 is 21.8 Å². The summed E-state index contributed by atoms with van der Waals surface area (Å²) in [6.45, 7) is 0.774. The summed E-state index contributed by atoms with van der Waals surface area (Å²) in [6.07, 6.45) is 5.17. The predicted octanol–water partition coefficient (Wildman–Crippen LogP) is 2.11. The van der Waals surface area contributed by atoms with Gasteiger partial charge in [0.25, 0.3) is 0 Å². The topological polar surface area (TPSA) is 58.2 Å². The van der Waals surface area contributed by atoms with E-state index in [9.17, 15) is 12.8 Å². The fourth-order valence-electron chi connectivity index (χ4n) is 2.44. The highest BCUT2D eigenvalue weighted by Gasteiger charge is 2.37. The first-order valence-electron chi connectivity index (χ1n) is 6.90. The highest BCUT2D eigenvalue weighted by Crippen LogP contribution is 2.42. The van der Waals surface area contributed by atoms with E-state index in [2.05, 4.69) is 10.0 Å². The monoisotopic (exact) mass is 332 g/mol. The Bertz CT molecular complexity index is 595. The quantitative estimate of drug-likeness (QED) is 0.803. The first-order valence-corrected chi connectivity index (χ1v) is 9.61. The minimum Gasteiger partial charge on any atom is -0.316 e. The van der Waals surface area contributed by atoms with Gasteiger partial charge in [-0.05, 0) is 43.8 Å². The minimum absolute atomic E-state index is 0.00354. The number of thioether (sulfide) groups is 1. The maximum atomic E-state index is 13.4. The van der Waals surface area contributed by atoms with E-state index in [0.717, 1.165) is 25.3 Å². The molecule has 0 aliphatic heterocycles. The Morgan fingerprint density at radius 1 is 1.38 bits per heavy atom. The molecule has 0 bridgehead atoms. The van der Waals surface area contributed by atoms with Crippen LogP contribution in [0.2, 0.25) is 0 Å². The number of benzene rings is 1. The zero-order valence-corrected chi connectivity index (χ0v) is 13.9. The van der Waals surface area contributed by atoms with E-state index < -0.39 is 15.8 Å². The number of hydrogen-bond acceptors (Lipinski definition) is 4. The van der Waals surface area contributed by atoms with E-state index in [1.54, 1.807) is 18.8 Å². The second-order valence-electron chi connectivity index (χ2n) is 5.35. The molecule has 0 atom stereocenters. The van der Waals surface area contributed by atoms with E-state index in [0.29, 0.717) is 18.7 Å². The van der Waals surface area contributed by atoms with Crippen molar-refractivity contribution in [1.82, 2.24) is 10.0 Å². The Hall–Kier alpha value is -0.630. The molecular weight excluding hydrogens is 311 g/mol. The molecule has 0 radical (unpaired) electrons. The van der Waals surface area contributed by atoms with Crippen LogP contribution in [0.25, 0.3) is 0 Å². The molecular formula is C14H21FN2O2S2. The van der Waals surface area contributed by atoms with Gasteiger partial charge in [-0.15, -0.1) is 0 Å². The van der Waals surface area contributed by atoms with Gasteiger partial charge in [0.05, 0.1) is 4.90 Å². The summed E-state index contributed by atoms with van der Waals surface area (Å²) in [5.74, 6) is -0.543. The van der Waals surface area contributed by atoms with E-state index in [4.69, 9.17) is 0 Å². The minimum atomic E-state index is -3.70. The third kappa shape index (κ3) is 3.77. The number of nitrogens with one attached hydrogen (secondary N) is 2. The molecule has 1 fully saturated rings. The maximum absolute atomic E-state index is 13.4. The smallest absolute Gasteiger partial charge is 0.241 e. The average molecular weight is 332 g/mol. The van der Waals surface area contributed by atoms with Crippen molar-refractivity contribution in [3.05, 3.63) is 29.6 Å². The molecule has 2 rings (SSSR count). The fraction of sp³-hybridized carbons (Fsp3) is 0.571. The van der Waals surface area contributed by atoms with Crippen LogP contribution in [0.4, 0.5) is 4.39 Å². The molecule has 0 amide bonds. The Balaban J connectivity index is 2.20. The highest BCUT2D eigenvalue weighted by atomic mass is 32.2. The zero-order chi connectivity index (χ0) is 15.5. The van der Waals surface area contributed by atoms with Gasteiger partial charge in [-0.1, -0.05) is 12.5 Å². The molecule has 1 saturated carbocycles. The van der Waals surface area contributed by atoms with Crippen LogP contribution in [0.5, 0.6) is 0 Å². The number of sulfonamides is 1. The Labute approximate surface area is 129 Å². The van der Waals surface area contributed by atoms with Crippen LogP contribution < -0.4 is 10.0 Å². The lowest BCUT2D eigenvalue weighted by molar-refractivity contribution is 0.361. The summed E-state index contributed by atoms with van der Waals surface area (Å²) < 4.78 is 41.0. The van der Waals surface area contributed by atoms with Gasteiger partial charge in [-0.2, -0.15) is 11.8 Å². The van der Waals surface area contributed by atoms with Crippen molar-refractivity contribution in [2.75, 3.05) is 19.8 Å². The summed E-state index contributed by atoms with van der Waals surface area (Å²) in [5, 5.41) is 2.90. The van der Waals surface area contributed by atoms with E-state index >= 15 is 0 Å². The molecule has 0 heterocycles. The average Bonchev–Trinajstić information content (AvgIpc) is 2.40. The number of rotatable bonds is 7. The molecule has 0 aromatic heterocycles. The third-order valence-corrected chi connectivity index (χ3v) is 6.87. The molecule has 0 spiro atoms. The summed E-state index contributed by atoms with van der Waals surface area (Å²) in [7, 11) is -1.97. The van der Waals surface area contributed by atoms with Crippen molar-refractivity contribution in [3.63, 3.8) is 0 Å². The van der Waals surface area contributed by atoms with Crippen molar-refractivity contribution in [2.24, 2.45) is 0 Å². The number of halogens is 1. The van der Waals surface area contributed by atoms with E-state index in [-0.39, 0.29) is 9.64 Å². The molecule has 21 heavy (non-hydrogen) atoms. The van der Waals surface area contributed by atoms with Crippen LogP contribution in [-0.4, -0.2) is 33.0 Å². The molecule has 118 valence electrons. The van der Waals surface area contributed by atoms with Crippen molar-refractivity contribution in [2.45, 2.75) is 35.4 Å². The van der Waals surface area contributed by atoms with Gasteiger partial charge in [0.2, 0.25) is 10.0 Å². The van der Waals surface area contributed by atoms with Crippen LogP contribution in [0.15, 0.2) is 23.1 Å². The van der Waals surface area contributed by atoms with Crippen molar-refractivity contribution in [1.29, 1.82) is 0 Å². The van der Waals surface area contributed by atoms with E-state index in [1.165, 1.54) is 12.1 Å². The SMILES string of the molecule is CNCc1ccc(F)cc1S(=O)(=O)NCC1(SC)CCC1. The summed E-state index contributed by atoms with van der Waals surface area (Å²) in [6, 6.07) is 3.87. The molecule has 1 aliphatic rings. The molecule has 7 heteroatoms. The summed E-state index contributed by atoms with van der Waals surface area (Å²) in [5.41, 5.74) is 0.568. The van der Waals surface area contributed by atoms with Crippen LogP contribution in [0.3, 0.4) is 0 Å². The van der Waals surface area contributed by atoms with Gasteiger partial charge in [0, 0.05) is 17.8 Å². The van der Waals surface area contributed by atoms with Gasteiger partial charge < -0.3 is 5.32 Å². The van der Waals surface area contributed by atoms with Gasteiger partial charge in [-0.3, -0.25) is 0 Å². The number of hydrogen-bond donors (Lipinski definition) is 2. The van der Waals surface area contributed by atoms with E-state index in [1.807, 2.05) is 6.26 Å². The van der Waals surface area contributed by atoms with Crippen LogP contribution >= 0.6 is 11.8 Å². The lowest BCUT2D eigenvalue weighted by atomic mass is 9.84. The van der Waals surface area contributed by atoms with Gasteiger partial charge in [0.1, 0.15) is 5.82 Å².